The van der Waals surface area contributed by atoms with Gasteiger partial charge in [-0.3, -0.25) is 0 Å². The monoisotopic (exact) mass is 266 g/mol. The first-order valence-electron chi connectivity index (χ1n) is 7.02. The van der Waals surface area contributed by atoms with Gasteiger partial charge in [-0.15, -0.1) is 11.3 Å². The van der Waals surface area contributed by atoms with E-state index in [4.69, 9.17) is 0 Å². The molecular weight excluding hydrogens is 240 g/mol. The van der Waals surface area contributed by atoms with E-state index in [0.29, 0.717) is 11.5 Å². The summed E-state index contributed by atoms with van der Waals surface area (Å²) in [4.78, 5) is 3.97. The third-order valence-electron chi connectivity index (χ3n) is 4.15. The highest BCUT2D eigenvalue weighted by molar-refractivity contribution is 7.09. The minimum Gasteiger partial charge on any atom is -0.312 e. The van der Waals surface area contributed by atoms with Gasteiger partial charge in [-0.1, -0.05) is 19.9 Å². The molecule has 1 aromatic heterocycles. The third-order valence-corrected chi connectivity index (χ3v) is 5.08. The number of piperidine rings is 1. The predicted octanol–water partition coefficient (Wildman–Crippen LogP) is 3.00. The summed E-state index contributed by atoms with van der Waals surface area (Å²) in [5.74, 6) is 0. The minimum absolute atomic E-state index is 0.440. The molecule has 1 saturated heterocycles. The molecule has 18 heavy (non-hydrogen) atoms. The fourth-order valence-electron chi connectivity index (χ4n) is 2.74. The van der Waals surface area contributed by atoms with E-state index < -0.39 is 0 Å². The molecular formula is C15H26N2S. The van der Waals surface area contributed by atoms with Crippen LogP contribution in [-0.2, 0) is 6.42 Å². The molecule has 1 unspecified atom stereocenters. The fourth-order valence-corrected chi connectivity index (χ4v) is 3.44. The van der Waals surface area contributed by atoms with Crippen LogP contribution in [0, 0.1) is 5.41 Å². The van der Waals surface area contributed by atoms with E-state index in [1.165, 1.54) is 37.2 Å². The highest BCUT2D eigenvalue weighted by atomic mass is 32.1. The maximum atomic E-state index is 3.69. The molecule has 1 N–H and O–H groups in total. The SMILES string of the molecule is CN(CCc1cccs1)CC1NCCCC1(C)C. The van der Waals surface area contributed by atoms with Gasteiger partial charge in [-0.2, -0.15) is 0 Å². The molecule has 2 nitrogen and oxygen atoms in total. The zero-order valence-corrected chi connectivity index (χ0v) is 12.7. The molecule has 0 aromatic carbocycles. The van der Waals surface area contributed by atoms with Gasteiger partial charge in [-0.05, 0) is 49.7 Å². The smallest absolute Gasteiger partial charge is 0.0245 e. The first kappa shape index (κ1) is 14.0. The Balaban J connectivity index is 1.77. The number of hydrogen-bond acceptors (Lipinski definition) is 3. The zero-order chi connectivity index (χ0) is 13.0. The van der Waals surface area contributed by atoms with Crippen molar-refractivity contribution < 1.29 is 0 Å². The van der Waals surface area contributed by atoms with Gasteiger partial charge < -0.3 is 10.2 Å². The molecule has 0 spiro atoms. The van der Waals surface area contributed by atoms with Crippen LogP contribution in [0.15, 0.2) is 17.5 Å². The van der Waals surface area contributed by atoms with Gasteiger partial charge in [-0.25, -0.2) is 0 Å². The number of nitrogens with one attached hydrogen (secondary N) is 1. The van der Waals surface area contributed by atoms with Crippen molar-refractivity contribution in [2.24, 2.45) is 5.41 Å². The normalized spacial score (nSPS) is 23.4. The summed E-state index contributed by atoms with van der Waals surface area (Å²) in [6.45, 7) is 8.31. The van der Waals surface area contributed by atoms with Crippen LogP contribution in [0.3, 0.4) is 0 Å². The Kier molecular flexibility index (Phi) is 4.82. The Morgan fingerprint density at radius 2 is 2.33 bits per heavy atom. The quantitative estimate of drug-likeness (QED) is 0.881. The van der Waals surface area contributed by atoms with Gasteiger partial charge in [0, 0.05) is 24.0 Å². The Hall–Kier alpha value is -0.380. The van der Waals surface area contributed by atoms with E-state index in [9.17, 15) is 0 Å². The Labute approximate surface area is 115 Å². The van der Waals surface area contributed by atoms with Gasteiger partial charge >= 0.3 is 0 Å². The Morgan fingerprint density at radius 3 is 3.00 bits per heavy atom. The maximum absolute atomic E-state index is 3.69. The molecule has 0 radical (unpaired) electrons. The predicted molar refractivity (Wildman–Crippen MR) is 80.3 cm³/mol. The lowest BCUT2D eigenvalue weighted by Gasteiger charge is -2.41. The van der Waals surface area contributed by atoms with Crippen molar-refractivity contribution in [1.82, 2.24) is 10.2 Å². The van der Waals surface area contributed by atoms with Gasteiger partial charge in [0.2, 0.25) is 0 Å². The number of rotatable bonds is 5. The van der Waals surface area contributed by atoms with Crippen LogP contribution < -0.4 is 5.32 Å². The highest BCUT2D eigenvalue weighted by Crippen LogP contribution is 2.30. The van der Waals surface area contributed by atoms with Crippen molar-refractivity contribution >= 4 is 11.3 Å². The van der Waals surface area contributed by atoms with Crippen LogP contribution in [0.25, 0.3) is 0 Å². The largest absolute Gasteiger partial charge is 0.312 e. The van der Waals surface area contributed by atoms with E-state index in [2.05, 4.69) is 48.6 Å². The molecule has 0 bridgehead atoms. The number of nitrogens with zero attached hydrogens (tertiary/aromatic N) is 1. The molecule has 0 aliphatic carbocycles. The lowest BCUT2D eigenvalue weighted by Crippen LogP contribution is -2.52. The summed E-state index contributed by atoms with van der Waals surface area (Å²) in [5, 5.41) is 5.86. The van der Waals surface area contributed by atoms with Crippen molar-refractivity contribution in [3.63, 3.8) is 0 Å². The van der Waals surface area contributed by atoms with Gasteiger partial charge in [0.15, 0.2) is 0 Å². The lowest BCUT2D eigenvalue weighted by molar-refractivity contribution is 0.139. The second-order valence-electron chi connectivity index (χ2n) is 6.19. The van der Waals surface area contributed by atoms with Crippen molar-refractivity contribution in [3.05, 3.63) is 22.4 Å². The van der Waals surface area contributed by atoms with Crippen LogP contribution >= 0.6 is 11.3 Å². The summed E-state index contributed by atoms with van der Waals surface area (Å²) in [6.07, 6.45) is 3.85. The second kappa shape index (κ2) is 6.18. The zero-order valence-electron chi connectivity index (χ0n) is 11.9. The molecule has 1 aromatic rings. The number of hydrogen-bond donors (Lipinski definition) is 1. The maximum Gasteiger partial charge on any atom is 0.0245 e. The number of likely N-dealkylation sites (N-methyl/N-ethyl adjacent to an activating group) is 1. The summed E-state index contributed by atoms with van der Waals surface area (Å²) in [7, 11) is 2.25. The number of thiophene rings is 1. The van der Waals surface area contributed by atoms with E-state index in [1.54, 1.807) is 0 Å². The van der Waals surface area contributed by atoms with Crippen LogP contribution in [0.2, 0.25) is 0 Å². The summed E-state index contributed by atoms with van der Waals surface area (Å²) in [6, 6.07) is 5.02. The van der Waals surface area contributed by atoms with Crippen LogP contribution in [-0.4, -0.2) is 37.6 Å². The molecule has 3 heteroatoms. The standard InChI is InChI=1S/C15H26N2S/c1-15(2)8-5-9-16-14(15)12-17(3)10-7-13-6-4-11-18-13/h4,6,11,14,16H,5,7-10,12H2,1-3H3. The van der Waals surface area contributed by atoms with E-state index in [-0.39, 0.29) is 0 Å². The first-order valence-corrected chi connectivity index (χ1v) is 7.90. The van der Waals surface area contributed by atoms with Gasteiger partial charge in [0.05, 0.1) is 0 Å². The molecule has 1 aliphatic heterocycles. The van der Waals surface area contributed by atoms with Crippen molar-refractivity contribution in [3.8, 4) is 0 Å². The van der Waals surface area contributed by atoms with E-state index >= 15 is 0 Å². The fraction of sp³-hybridized carbons (Fsp3) is 0.733. The first-order chi connectivity index (χ1) is 8.58. The van der Waals surface area contributed by atoms with Gasteiger partial charge in [0.1, 0.15) is 0 Å². The second-order valence-corrected chi connectivity index (χ2v) is 7.22. The molecule has 2 rings (SSSR count). The molecule has 102 valence electrons. The molecule has 1 atom stereocenters. The average Bonchev–Trinajstić information content (AvgIpc) is 2.82. The summed E-state index contributed by atoms with van der Waals surface area (Å²) < 4.78 is 0. The molecule has 0 saturated carbocycles. The van der Waals surface area contributed by atoms with Gasteiger partial charge in [0.25, 0.3) is 0 Å². The van der Waals surface area contributed by atoms with E-state index in [0.717, 1.165) is 6.54 Å². The summed E-state index contributed by atoms with van der Waals surface area (Å²) in [5.41, 5.74) is 0.440. The van der Waals surface area contributed by atoms with Crippen LogP contribution in [0.1, 0.15) is 31.6 Å². The third kappa shape index (κ3) is 3.81. The molecule has 2 heterocycles. The van der Waals surface area contributed by atoms with Crippen LogP contribution in [0.5, 0.6) is 0 Å². The Bertz CT molecular complexity index is 345. The van der Waals surface area contributed by atoms with E-state index in [1.807, 2.05) is 11.3 Å². The topological polar surface area (TPSA) is 15.3 Å². The molecule has 1 aliphatic rings. The van der Waals surface area contributed by atoms with Crippen LogP contribution in [0.4, 0.5) is 0 Å². The van der Waals surface area contributed by atoms with Crippen molar-refractivity contribution in [2.45, 2.75) is 39.2 Å². The highest BCUT2D eigenvalue weighted by Gasteiger charge is 2.32. The lowest BCUT2D eigenvalue weighted by atomic mass is 9.77. The molecule has 0 amide bonds. The van der Waals surface area contributed by atoms with Crippen molar-refractivity contribution in [1.29, 1.82) is 0 Å². The average molecular weight is 266 g/mol. The van der Waals surface area contributed by atoms with Crippen molar-refractivity contribution in [2.75, 3.05) is 26.7 Å². The molecule has 1 fully saturated rings. The Morgan fingerprint density at radius 1 is 1.50 bits per heavy atom. The minimum atomic E-state index is 0.440. The summed E-state index contributed by atoms with van der Waals surface area (Å²) >= 11 is 1.87.